The lowest BCUT2D eigenvalue weighted by Crippen LogP contribution is -2.11. The second-order valence-corrected chi connectivity index (χ2v) is 16.1. The number of aliphatic imine (C=N–C) groups is 2. The van der Waals surface area contributed by atoms with E-state index in [1.54, 1.807) is 0 Å². The van der Waals surface area contributed by atoms with Crippen molar-refractivity contribution >= 4 is 77.9 Å². The lowest BCUT2D eigenvalue weighted by Gasteiger charge is -2.13. The molecule has 3 aromatic heterocycles. The molecule has 0 unspecified atom stereocenters. The first-order valence-electron chi connectivity index (χ1n) is 18.3. The van der Waals surface area contributed by atoms with Crippen LogP contribution in [0.1, 0.15) is 16.7 Å². The normalized spacial score (nSPS) is 13.1. The van der Waals surface area contributed by atoms with E-state index in [1.807, 2.05) is 54.6 Å². The number of nitrogens with zero attached hydrogens (tertiary/aromatic N) is 4. The average Bonchev–Trinajstić information content (AvgIpc) is 3.85. The van der Waals surface area contributed by atoms with Crippen molar-refractivity contribution in [3.05, 3.63) is 193 Å². The average molecular weight is 833 g/mol. The Morgan fingerprint density at radius 1 is 0.411 bits per heavy atom. The molecule has 4 heterocycles. The first-order chi connectivity index (χ1) is 27.7. The molecule has 0 fully saturated rings. The van der Waals surface area contributed by atoms with Gasteiger partial charge in [0.1, 0.15) is 35.3 Å². The third-order valence-corrected chi connectivity index (χ3v) is 12.8. The molecule has 56 heavy (non-hydrogen) atoms. The maximum atomic E-state index is 6.69. The Morgan fingerprint density at radius 3 is 1.80 bits per heavy atom. The molecule has 0 aliphatic carbocycles. The smallest absolute Gasteiger partial charge is 0.180 e. The predicted molar refractivity (Wildman–Crippen MR) is 237 cm³/mol. The number of amidine groups is 1. The van der Waals surface area contributed by atoms with Gasteiger partial charge < -0.3 is 8.83 Å². The van der Waals surface area contributed by atoms with Gasteiger partial charge in [0.15, 0.2) is 17.2 Å². The molecule has 264 valence electrons. The minimum Gasteiger partial charge on any atom is -0.455 e. The molecule has 1 aliphatic rings. The van der Waals surface area contributed by atoms with Gasteiger partial charge in [-0.1, -0.05) is 140 Å². The maximum Gasteiger partial charge on any atom is 0.180 e. The van der Waals surface area contributed by atoms with Crippen LogP contribution in [-0.4, -0.2) is 23.2 Å². The Labute approximate surface area is 331 Å². The van der Waals surface area contributed by atoms with Crippen molar-refractivity contribution in [3.8, 4) is 33.8 Å². The molecule has 11 rings (SSSR count). The topological polar surface area (TPSA) is 76.8 Å². The summed E-state index contributed by atoms with van der Waals surface area (Å²) in [6.07, 6.45) is 0. The van der Waals surface area contributed by atoms with Crippen LogP contribution < -0.4 is 0 Å². The predicted octanol–water partition coefficient (Wildman–Crippen LogP) is 12.6. The van der Waals surface area contributed by atoms with Crippen molar-refractivity contribution in [1.29, 1.82) is 0 Å². The van der Waals surface area contributed by atoms with Crippen LogP contribution in [0.4, 0.5) is 0 Å². The summed E-state index contributed by atoms with van der Waals surface area (Å²) in [6.45, 7) is 0. The minimum atomic E-state index is -0.673. The Kier molecular flexibility index (Phi) is 7.84. The van der Waals surface area contributed by atoms with Crippen LogP contribution in [0.5, 0.6) is 0 Å². The zero-order chi connectivity index (χ0) is 37.0. The number of halogens is 1. The molecule has 1 aliphatic heterocycles. The first kappa shape index (κ1) is 32.6. The minimum absolute atomic E-state index is 0.574. The summed E-state index contributed by atoms with van der Waals surface area (Å²) in [6, 6.07) is 60.1. The fraction of sp³-hybridized carbons (Fsp3) is 0. The fourth-order valence-electron chi connectivity index (χ4n) is 7.33. The molecule has 7 heteroatoms. The van der Waals surface area contributed by atoms with E-state index in [1.165, 1.54) is 0 Å². The standard InChI is InChI=1S/C49H29IN4O2/c1-4-13-30(14-5-1)31-23-25-32(26-24-31)42-45-43(37-19-10-11-22-40(37)56-45)52-49(51-42)38-21-12-20-36-39-29-35(27-28-41(39)55-44(36)38)47-50-46(33-15-6-2-7-16-33)53-48(54-47)34-17-8-3-9-18-34/h1-29H. The second-order valence-electron chi connectivity index (χ2n) is 13.6. The first-order valence-corrected chi connectivity index (χ1v) is 20.5. The van der Waals surface area contributed by atoms with Gasteiger partial charge in [0, 0.05) is 38.4 Å². The Bertz CT molecular complexity index is 3180. The van der Waals surface area contributed by atoms with Gasteiger partial charge in [0.05, 0.1) is 5.56 Å². The van der Waals surface area contributed by atoms with Gasteiger partial charge >= 0.3 is 0 Å². The molecule has 0 spiro atoms. The highest BCUT2D eigenvalue weighted by molar-refractivity contribution is 14.2. The number of benzene rings is 7. The highest BCUT2D eigenvalue weighted by Gasteiger charge is 2.22. The quantitative estimate of drug-likeness (QED) is 0.156. The van der Waals surface area contributed by atoms with Crippen molar-refractivity contribution in [1.82, 2.24) is 9.97 Å². The SMILES string of the molecule is c1ccc(C2=NC(c3ccc4oc5c(-c6nc(-c7ccc(-c8ccccc8)cc7)c7oc8ccccc8c7n6)cccc5c4c3)=IC(c3ccccc3)=N2)cc1. The highest BCUT2D eigenvalue weighted by Crippen LogP contribution is 2.40. The molecule has 0 saturated carbocycles. The third kappa shape index (κ3) is 5.67. The van der Waals surface area contributed by atoms with Crippen LogP contribution in [0, 0.1) is 0 Å². The molecular weight excluding hydrogens is 803 g/mol. The molecule has 0 bridgehead atoms. The molecular formula is C49H29IN4O2. The number of hydrogen-bond acceptors (Lipinski definition) is 6. The molecule has 7 aromatic carbocycles. The summed E-state index contributed by atoms with van der Waals surface area (Å²) >= 11 is -0.673. The molecule has 0 radical (unpaired) electrons. The lowest BCUT2D eigenvalue weighted by atomic mass is 10.0. The monoisotopic (exact) mass is 832 g/mol. The summed E-state index contributed by atoms with van der Waals surface area (Å²) in [4.78, 5) is 20.7. The zero-order valence-corrected chi connectivity index (χ0v) is 31.9. The van der Waals surface area contributed by atoms with Gasteiger partial charge in [-0.05, 0) is 68.3 Å². The van der Waals surface area contributed by atoms with E-state index in [0.717, 1.165) is 96.2 Å². The van der Waals surface area contributed by atoms with E-state index in [4.69, 9.17) is 28.8 Å². The van der Waals surface area contributed by atoms with Crippen LogP contribution in [0.3, 0.4) is 0 Å². The van der Waals surface area contributed by atoms with E-state index in [-0.39, 0.29) is 0 Å². The van der Waals surface area contributed by atoms with Crippen molar-refractivity contribution in [2.24, 2.45) is 9.98 Å². The summed E-state index contributed by atoms with van der Waals surface area (Å²) in [5, 5.41) is 2.95. The molecule has 0 atom stereocenters. The van der Waals surface area contributed by atoms with Gasteiger partial charge in [-0.3, -0.25) is 0 Å². The van der Waals surface area contributed by atoms with Crippen LogP contribution in [0.25, 0.3) is 77.8 Å². The largest absolute Gasteiger partial charge is 0.455 e. The van der Waals surface area contributed by atoms with Crippen molar-refractivity contribution in [2.75, 3.05) is 0 Å². The van der Waals surface area contributed by atoms with Gasteiger partial charge in [-0.2, -0.15) is 0 Å². The molecule has 0 amide bonds. The summed E-state index contributed by atoms with van der Waals surface area (Å²) < 4.78 is 15.3. The van der Waals surface area contributed by atoms with Crippen molar-refractivity contribution < 1.29 is 8.83 Å². The van der Waals surface area contributed by atoms with Crippen LogP contribution in [0.15, 0.2) is 195 Å². The summed E-state index contributed by atoms with van der Waals surface area (Å²) in [5.74, 6) is 1.30. The van der Waals surface area contributed by atoms with Crippen LogP contribution in [-0.2, 0) is 0 Å². The maximum absolute atomic E-state index is 6.69. The van der Waals surface area contributed by atoms with E-state index < -0.39 is 20.7 Å². The summed E-state index contributed by atoms with van der Waals surface area (Å²) in [7, 11) is 0. The van der Waals surface area contributed by atoms with Gasteiger partial charge in [-0.25, -0.2) is 20.0 Å². The fourth-order valence-corrected chi connectivity index (χ4v) is 9.83. The van der Waals surface area contributed by atoms with Crippen molar-refractivity contribution in [3.63, 3.8) is 0 Å². The van der Waals surface area contributed by atoms with Gasteiger partial charge in [0.25, 0.3) is 0 Å². The number of fused-ring (bicyclic) bond motifs is 6. The molecule has 10 aromatic rings. The van der Waals surface area contributed by atoms with E-state index in [0.29, 0.717) is 11.4 Å². The van der Waals surface area contributed by atoms with Gasteiger partial charge in [-0.15, -0.1) is 0 Å². The Morgan fingerprint density at radius 2 is 1.02 bits per heavy atom. The number of hydrogen-bond donors (Lipinski definition) is 0. The van der Waals surface area contributed by atoms with Gasteiger partial charge in [0.2, 0.25) is 0 Å². The number of aromatic nitrogens is 2. The molecule has 6 nitrogen and oxygen atoms in total. The Balaban J connectivity index is 1.06. The van der Waals surface area contributed by atoms with Crippen LogP contribution in [0.2, 0.25) is 0 Å². The lowest BCUT2D eigenvalue weighted by molar-refractivity contribution is 0.666. The Hall–Kier alpha value is -6.84. The number of furan rings is 2. The zero-order valence-electron chi connectivity index (χ0n) is 29.7. The number of rotatable bonds is 6. The van der Waals surface area contributed by atoms with Crippen molar-refractivity contribution in [2.45, 2.75) is 0 Å². The third-order valence-electron chi connectivity index (χ3n) is 10.1. The molecule has 0 N–H and O–H groups in total. The summed E-state index contributed by atoms with van der Waals surface area (Å²) in [5.41, 5.74) is 11.7. The van der Waals surface area contributed by atoms with E-state index in [9.17, 15) is 0 Å². The highest BCUT2D eigenvalue weighted by atomic mass is 127. The van der Waals surface area contributed by atoms with E-state index in [2.05, 4.69) is 121 Å². The van der Waals surface area contributed by atoms with E-state index >= 15 is 0 Å². The second kappa shape index (κ2) is 13.5. The molecule has 0 saturated heterocycles. The number of para-hydroxylation sites is 2. The van der Waals surface area contributed by atoms with Crippen LogP contribution >= 0.6 is 20.7 Å².